The van der Waals surface area contributed by atoms with Crippen LogP contribution in [0, 0.1) is 10.5 Å². The van der Waals surface area contributed by atoms with Crippen LogP contribution in [0.4, 0.5) is 11.4 Å². The van der Waals surface area contributed by atoms with Gasteiger partial charge >= 0.3 is 0 Å². The number of aryl methyl sites for hydroxylation is 1. The Kier molecular flexibility index (Phi) is 9.92. The maximum absolute atomic E-state index is 13.3. The van der Waals surface area contributed by atoms with Crippen LogP contribution in [0.2, 0.25) is 0 Å². The van der Waals surface area contributed by atoms with Crippen molar-refractivity contribution in [1.82, 2.24) is 4.90 Å². The number of halogens is 1. The highest BCUT2D eigenvalue weighted by molar-refractivity contribution is 14.1. The first kappa shape index (κ1) is 29.5. The fourth-order valence-corrected chi connectivity index (χ4v) is 6.90. The zero-order chi connectivity index (χ0) is 28.8. The van der Waals surface area contributed by atoms with Crippen LogP contribution < -0.4 is 14.4 Å². The van der Waals surface area contributed by atoms with E-state index >= 15 is 0 Å². The van der Waals surface area contributed by atoms with Gasteiger partial charge in [-0.1, -0.05) is 29.8 Å². The number of carbonyl (C=O) groups is 1. The number of likely N-dealkylation sites (N-methyl/N-ethyl adjacent to an activating group) is 1. The summed E-state index contributed by atoms with van der Waals surface area (Å²) in [6.07, 6.45) is 5.73. The lowest BCUT2D eigenvalue weighted by Gasteiger charge is -2.28. The molecule has 41 heavy (non-hydrogen) atoms. The zero-order valence-corrected chi connectivity index (χ0v) is 26.8. The number of amidine groups is 1. The average molecular weight is 682 g/mol. The molecule has 2 saturated heterocycles. The molecular weight excluding hydrogens is 645 g/mol. The number of ether oxygens (including phenoxy) is 2. The second-order valence-electron chi connectivity index (χ2n) is 10.2. The summed E-state index contributed by atoms with van der Waals surface area (Å²) in [6.45, 7) is 9.76. The van der Waals surface area contributed by atoms with Gasteiger partial charge in [-0.15, -0.1) is 0 Å². The van der Waals surface area contributed by atoms with Crippen LogP contribution in [0.15, 0.2) is 70.6 Å². The fourth-order valence-electron chi connectivity index (χ4n) is 5.05. The Labute approximate surface area is 261 Å². The molecule has 0 aromatic heterocycles. The summed E-state index contributed by atoms with van der Waals surface area (Å²) >= 11 is 3.69. The number of aliphatic imine (C=N–C) groups is 1. The molecule has 0 unspecified atom stereocenters. The van der Waals surface area contributed by atoms with Crippen molar-refractivity contribution in [3.8, 4) is 11.5 Å². The van der Waals surface area contributed by atoms with Crippen LogP contribution in [0.25, 0.3) is 6.08 Å². The lowest BCUT2D eigenvalue weighted by Crippen LogP contribution is -2.29. The predicted molar refractivity (Wildman–Crippen MR) is 178 cm³/mol. The fraction of sp³-hybridized carbons (Fsp3) is 0.333. The summed E-state index contributed by atoms with van der Waals surface area (Å²) in [7, 11) is 0. The number of amides is 1. The van der Waals surface area contributed by atoms with Crippen molar-refractivity contribution in [2.24, 2.45) is 4.99 Å². The minimum Gasteiger partial charge on any atom is -0.490 e. The van der Waals surface area contributed by atoms with Crippen LogP contribution in [-0.2, 0) is 11.4 Å². The molecule has 0 bridgehead atoms. The molecule has 8 heteroatoms. The number of nitrogens with zero attached hydrogens (tertiary/aromatic N) is 3. The third-order valence-electron chi connectivity index (χ3n) is 7.10. The van der Waals surface area contributed by atoms with E-state index < -0.39 is 0 Å². The highest BCUT2D eigenvalue weighted by Crippen LogP contribution is 2.38. The zero-order valence-electron chi connectivity index (χ0n) is 23.9. The van der Waals surface area contributed by atoms with Crippen LogP contribution in [0.3, 0.4) is 0 Å². The molecule has 0 atom stereocenters. The minimum atomic E-state index is -0.0334. The number of rotatable bonds is 9. The van der Waals surface area contributed by atoms with Gasteiger partial charge in [-0.2, -0.15) is 0 Å². The Morgan fingerprint density at radius 2 is 1.78 bits per heavy atom. The molecule has 0 saturated carbocycles. The number of carbonyl (C=O) groups excluding carboxylic acids is 1. The lowest BCUT2D eigenvalue weighted by molar-refractivity contribution is -0.122. The molecule has 2 aliphatic heterocycles. The molecule has 6 nitrogen and oxygen atoms in total. The van der Waals surface area contributed by atoms with E-state index in [1.54, 1.807) is 4.90 Å². The molecule has 2 fully saturated rings. The second-order valence-corrected chi connectivity index (χ2v) is 12.3. The number of benzene rings is 3. The van der Waals surface area contributed by atoms with E-state index in [9.17, 15) is 4.79 Å². The maximum atomic E-state index is 13.3. The largest absolute Gasteiger partial charge is 0.490 e. The van der Waals surface area contributed by atoms with Gasteiger partial charge in [-0.05, 0) is 128 Å². The molecule has 214 valence electrons. The Morgan fingerprint density at radius 1 is 1.00 bits per heavy atom. The first-order chi connectivity index (χ1) is 19.9. The van der Waals surface area contributed by atoms with Crippen LogP contribution in [0.5, 0.6) is 11.5 Å². The topological polar surface area (TPSA) is 54.4 Å². The van der Waals surface area contributed by atoms with E-state index in [1.165, 1.54) is 42.3 Å². The van der Waals surface area contributed by atoms with Gasteiger partial charge < -0.3 is 14.4 Å². The third-order valence-corrected chi connectivity index (χ3v) is 8.90. The normalized spacial score (nSPS) is 17.5. The molecule has 2 heterocycles. The van der Waals surface area contributed by atoms with Crippen molar-refractivity contribution in [1.29, 1.82) is 0 Å². The Balaban J connectivity index is 1.36. The number of hydrogen-bond acceptors (Lipinski definition) is 6. The Hall–Kier alpha value is -2.98. The van der Waals surface area contributed by atoms with Crippen molar-refractivity contribution >= 4 is 62.9 Å². The highest BCUT2D eigenvalue weighted by atomic mass is 127. The van der Waals surface area contributed by atoms with Gasteiger partial charge in [0.05, 0.1) is 20.8 Å². The van der Waals surface area contributed by atoms with Gasteiger partial charge in [-0.25, -0.2) is 4.99 Å². The molecule has 5 rings (SSSR count). The highest BCUT2D eigenvalue weighted by Gasteiger charge is 2.32. The van der Waals surface area contributed by atoms with E-state index in [1.807, 2.05) is 50.3 Å². The quantitative estimate of drug-likeness (QED) is 0.169. The van der Waals surface area contributed by atoms with E-state index in [4.69, 9.17) is 14.5 Å². The van der Waals surface area contributed by atoms with E-state index in [2.05, 4.69) is 64.7 Å². The first-order valence-corrected chi connectivity index (χ1v) is 16.1. The van der Waals surface area contributed by atoms with Crippen LogP contribution in [0.1, 0.15) is 49.8 Å². The van der Waals surface area contributed by atoms with Gasteiger partial charge in [-0.3, -0.25) is 9.69 Å². The van der Waals surface area contributed by atoms with Crippen molar-refractivity contribution in [3.05, 3.63) is 85.8 Å². The van der Waals surface area contributed by atoms with Gasteiger partial charge in [0, 0.05) is 25.3 Å². The monoisotopic (exact) mass is 681 g/mol. The van der Waals surface area contributed by atoms with Crippen molar-refractivity contribution in [3.63, 3.8) is 0 Å². The molecule has 0 aliphatic carbocycles. The van der Waals surface area contributed by atoms with Crippen LogP contribution in [-0.4, -0.2) is 42.2 Å². The summed E-state index contributed by atoms with van der Waals surface area (Å²) in [5, 5.41) is 0.701. The first-order valence-electron chi connectivity index (χ1n) is 14.2. The van der Waals surface area contributed by atoms with E-state index in [0.717, 1.165) is 33.5 Å². The maximum Gasteiger partial charge on any atom is 0.266 e. The molecule has 2 aliphatic rings. The van der Waals surface area contributed by atoms with Crippen molar-refractivity contribution < 1.29 is 14.3 Å². The average Bonchev–Trinajstić information content (AvgIpc) is 3.26. The molecular formula is C33H36IN3O3S. The molecule has 0 radical (unpaired) electrons. The van der Waals surface area contributed by atoms with Gasteiger partial charge in [0.2, 0.25) is 0 Å². The number of thioether (sulfide) groups is 1. The van der Waals surface area contributed by atoms with Gasteiger partial charge in [0.25, 0.3) is 5.91 Å². The Morgan fingerprint density at radius 3 is 2.49 bits per heavy atom. The lowest BCUT2D eigenvalue weighted by atomic mass is 10.1. The summed E-state index contributed by atoms with van der Waals surface area (Å²) in [6, 6.07) is 20.6. The van der Waals surface area contributed by atoms with Crippen molar-refractivity contribution in [2.75, 3.05) is 31.1 Å². The minimum absolute atomic E-state index is 0.0334. The molecule has 3 aromatic rings. The summed E-state index contributed by atoms with van der Waals surface area (Å²) in [4.78, 5) is 23.0. The molecule has 0 spiro atoms. The summed E-state index contributed by atoms with van der Waals surface area (Å²) < 4.78 is 13.1. The van der Waals surface area contributed by atoms with E-state index in [-0.39, 0.29) is 5.91 Å². The van der Waals surface area contributed by atoms with Gasteiger partial charge in [0.1, 0.15) is 6.61 Å². The molecule has 3 aromatic carbocycles. The van der Waals surface area contributed by atoms with Crippen LogP contribution >= 0.6 is 34.4 Å². The standard InChI is InChI=1S/C33H36IN3O3S/c1-4-37-32(38)30(41-33(37)35-26-12-14-27(15-13-26)36-16-7-6-8-17-36)21-25-19-28(34)31(29(20-25)39-5-2)40-22-24-11-9-10-23(3)18-24/h9-15,18-21H,4-8,16-17,22H2,1-3H3/b30-21-,35-33?. The predicted octanol–water partition coefficient (Wildman–Crippen LogP) is 8.19. The molecule has 0 N–H and O–H groups in total. The number of anilines is 1. The number of hydrogen-bond donors (Lipinski definition) is 0. The molecule has 1 amide bonds. The summed E-state index contributed by atoms with van der Waals surface area (Å²) in [5.41, 5.74) is 5.28. The van der Waals surface area contributed by atoms with Crippen molar-refractivity contribution in [2.45, 2.75) is 46.6 Å². The number of piperidine rings is 1. The second kappa shape index (κ2) is 13.8. The summed E-state index contributed by atoms with van der Waals surface area (Å²) in [5.74, 6) is 1.35. The smallest absolute Gasteiger partial charge is 0.266 e. The van der Waals surface area contributed by atoms with Gasteiger partial charge in [0.15, 0.2) is 16.7 Å². The SMILES string of the molecule is CCOc1cc(/C=C2\SC(=Nc3ccc(N4CCCCC4)cc3)N(CC)C2=O)cc(I)c1OCc1cccc(C)c1. The van der Waals surface area contributed by atoms with E-state index in [0.29, 0.717) is 41.3 Å². The Bertz CT molecular complexity index is 1450. The third kappa shape index (κ3) is 7.27.